The topological polar surface area (TPSA) is 81.9 Å². The number of carbonyl (C=O) groups excluding carboxylic acids is 2. The van der Waals surface area contributed by atoms with Gasteiger partial charge in [0.2, 0.25) is 5.91 Å². The number of primary amides is 1. The number of likely N-dealkylation sites (tertiary alicyclic amines) is 1. The number of hydrogen-bond acceptors (Lipinski definition) is 4. The molecule has 0 aliphatic carbocycles. The van der Waals surface area contributed by atoms with E-state index < -0.39 is 17.8 Å². The summed E-state index contributed by atoms with van der Waals surface area (Å²) in [5, 5.41) is 2.32. The highest BCUT2D eigenvalue weighted by molar-refractivity contribution is 5.83. The van der Waals surface area contributed by atoms with E-state index in [1.807, 2.05) is 4.90 Å². The number of hydrogen-bond donors (Lipinski definition) is 2. The Bertz CT molecular complexity index is 735. The van der Waals surface area contributed by atoms with Gasteiger partial charge in [-0.2, -0.15) is 13.2 Å². The van der Waals surface area contributed by atoms with Crippen LogP contribution in [-0.2, 0) is 11.0 Å². The first-order chi connectivity index (χ1) is 13.7. The average molecular weight is 413 g/mol. The lowest BCUT2D eigenvalue weighted by atomic mass is 10.0. The Balaban J connectivity index is 1.54. The molecule has 0 spiro atoms. The van der Waals surface area contributed by atoms with Crippen molar-refractivity contribution in [3.05, 3.63) is 29.8 Å². The fourth-order valence-electron chi connectivity index (χ4n) is 3.98. The van der Waals surface area contributed by atoms with Crippen LogP contribution in [0.15, 0.2) is 24.3 Å². The number of benzene rings is 1. The molecule has 0 bridgehead atoms. The van der Waals surface area contributed by atoms with Crippen molar-refractivity contribution >= 4 is 17.6 Å². The molecule has 0 aromatic heterocycles. The number of rotatable bonds is 4. The Kier molecular flexibility index (Phi) is 6.51. The molecule has 1 aromatic rings. The van der Waals surface area contributed by atoms with Gasteiger partial charge in [-0.1, -0.05) is 6.07 Å². The van der Waals surface area contributed by atoms with Gasteiger partial charge in [0.05, 0.1) is 12.1 Å². The van der Waals surface area contributed by atoms with Crippen LogP contribution in [0.2, 0.25) is 0 Å². The molecule has 3 rings (SSSR count). The van der Waals surface area contributed by atoms with E-state index in [1.54, 1.807) is 11.0 Å². The van der Waals surface area contributed by atoms with Crippen LogP contribution in [0.25, 0.3) is 0 Å². The number of urea groups is 1. The molecular weight excluding hydrogens is 387 g/mol. The zero-order valence-corrected chi connectivity index (χ0v) is 16.1. The number of amides is 3. The van der Waals surface area contributed by atoms with Gasteiger partial charge >= 0.3 is 12.2 Å². The number of anilines is 1. The van der Waals surface area contributed by atoms with Crippen molar-refractivity contribution < 1.29 is 22.8 Å². The highest BCUT2D eigenvalue weighted by Crippen LogP contribution is 2.32. The number of alkyl halides is 3. The van der Waals surface area contributed by atoms with Crippen LogP contribution in [0, 0.1) is 0 Å². The maximum Gasteiger partial charge on any atom is 0.416 e. The van der Waals surface area contributed by atoms with Crippen molar-refractivity contribution in [1.29, 1.82) is 0 Å². The maximum absolute atomic E-state index is 13.0. The summed E-state index contributed by atoms with van der Waals surface area (Å²) < 4.78 is 38.9. The summed E-state index contributed by atoms with van der Waals surface area (Å²) in [5.74, 6) is -0.156. The average Bonchev–Trinajstić information content (AvgIpc) is 2.71. The van der Waals surface area contributed by atoms with Gasteiger partial charge in [0.25, 0.3) is 0 Å². The first-order valence-electron chi connectivity index (χ1n) is 9.71. The molecule has 2 heterocycles. The smallest absolute Gasteiger partial charge is 0.369 e. The number of nitrogens with two attached hydrogens (primary N) is 1. The first-order valence-corrected chi connectivity index (χ1v) is 9.71. The van der Waals surface area contributed by atoms with Gasteiger partial charge in [0.1, 0.15) is 0 Å². The minimum atomic E-state index is -4.35. The van der Waals surface area contributed by atoms with Crippen molar-refractivity contribution in [1.82, 2.24) is 15.1 Å². The monoisotopic (exact) mass is 413 g/mol. The third-order valence-electron chi connectivity index (χ3n) is 5.53. The lowest BCUT2D eigenvalue weighted by molar-refractivity contribution is -0.137. The molecule has 0 unspecified atom stereocenters. The standard InChI is InChI=1S/C19H26F3N5O2/c20-19(21,22)14-3-1-4-15(11-14)25-7-9-26(10-8-25)16-5-2-6-27(13-16)17(28)12-24-18(23)29/h1,3-4,11,16H,2,5-10,12-13H2,(H3,23,24,29)/t16-/m1/s1. The van der Waals surface area contributed by atoms with Crippen molar-refractivity contribution in [3.8, 4) is 0 Å². The summed E-state index contributed by atoms with van der Waals surface area (Å²) in [6.45, 7) is 3.85. The summed E-state index contributed by atoms with van der Waals surface area (Å²) in [7, 11) is 0. The van der Waals surface area contributed by atoms with Crippen LogP contribution in [0.1, 0.15) is 18.4 Å². The zero-order chi connectivity index (χ0) is 21.0. The number of carbonyl (C=O) groups is 2. The number of piperazine rings is 1. The molecule has 2 aliphatic heterocycles. The second-order valence-electron chi connectivity index (χ2n) is 7.42. The molecule has 0 saturated carbocycles. The van der Waals surface area contributed by atoms with Gasteiger partial charge in [-0.05, 0) is 31.0 Å². The highest BCUT2D eigenvalue weighted by Gasteiger charge is 2.32. The molecule has 3 N–H and O–H groups in total. The van der Waals surface area contributed by atoms with E-state index in [4.69, 9.17) is 5.73 Å². The Morgan fingerprint density at radius 2 is 1.86 bits per heavy atom. The van der Waals surface area contributed by atoms with Gasteiger partial charge in [-0.3, -0.25) is 9.69 Å². The highest BCUT2D eigenvalue weighted by atomic mass is 19.4. The number of nitrogens with one attached hydrogen (secondary N) is 1. The second kappa shape index (κ2) is 8.89. The van der Waals surface area contributed by atoms with E-state index in [0.717, 1.165) is 32.0 Å². The van der Waals surface area contributed by atoms with Crippen molar-refractivity contribution in [2.75, 3.05) is 50.7 Å². The summed E-state index contributed by atoms with van der Waals surface area (Å²) in [6.07, 6.45) is -2.50. The quantitative estimate of drug-likeness (QED) is 0.784. The maximum atomic E-state index is 13.0. The van der Waals surface area contributed by atoms with Gasteiger partial charge < -0.3 is 20.9 Å². The summed E-state index contributed by atoms with van der Waals surface area (Å²) in [4.78, 5) is 29.0. The van der Waals surface area contributed by atoms with Crippen LogP contribution in [0.3, 0.4) is 0 Å². The van der Waals surface area contributed by atoms with E-state index in [2.05, 4.69) is 10.2 Å². The first kappa shape index (κ1) is 21.2. The number of nitrogens with zero attached hydrogens (tertiary/aromatic N) is 3. The molecule has 10 heteroatoms. The van der Waals surface area contributed by atoms with E-state index in [9.17, 15) is 22.8 Å². The second-order valence-corrected chi connectivity index (χ2v) is 7.42. The van der Waals surface area contributed by atoms with Crippen LogP contribution in [0.5, 0.6) is 0 Å². The molecule has 2 aliphatic rings. The molecule has 3 amide bonds. The lowest BCUT2D eigenvalue weighted by Crippen LogP contribution is -2.56. The van der Waals surface area contributed by atoms with Crippen LogP contribution >= 0.6 is 0 Å². The number of halogens is 3. The van der Waals surface area contributed by atoms with E-state index in [-0.39, 0.29) is 18.5 Å². The summed E-state index contributed by atoms with van der Waals surface area (Å²) in [6, 6.07) is 4.91. The zero-order valence-electron chi connectivity index (χ0n) is 16.1. The largest absolute Gasteiger partial charge is 0.416 e. The minimum Gasteiger partial charge on any atom is -0.369 e. The fourth-order valence-corrected chi connectivity index (χ4v) is 3.98. The fraction of sp³-hybridized carbons (Fsp3) is 0.579. The molecular formula is C19H26F3N5O2. The van der Waals surface area contributed by atoms with Crippen LogP contribution in [0.4, 0.5) is 23.7 Å². The molecule has 7 nitrogen and oxygen atoms in total. The third-order valence-corrected chi connectivity index (χ3v) is 5.53. The molecule has 29 heavy (non-hydrogen) atoms. The predicted octanol–water partition coefficient (Wildman–Crippen LogP) is 1.49. The van der Waals surface area contributed by atoms with E-state index >= 15 is 0 Å². The minimum absolute atomic E-state index is 0.106. The van der Waals surface area contributed by atoms with Crippen molar-refractivity contribution in [2.45, 2.75) is 25.1 Å². The lowest BCUT2D eigenvalue weighted by Gasteiger charge is -2.44. The van der Waals surface area contributed by atoms with E-state index in [1.165, 1.54) is 12.1 Å². The summed E-state index contributed by atoms with van der Waals surface area (Å²) in [5.41, 5.74) is 4.96. The Labute approximate surface area is 167 Å². The van der Waals surface area contributed by atoms with Crippen molar-refractivity contribution in [3.63, 3.8) is 0 Å². The summed E-state index contributed by atoms with van der Waals surface area (Å²) >= 11 is 0. The molecule has 0 radical (unpaired) electrons. The molecule has 2 saturated heterocycles. The Morgan fingerprint density at radius 3 is 2.52 bits per heavy atom. The molecule has 1 aromatic carbocycles. The normalized spacial score (nSPS) is 21.1. The molecule has 2 fully saturated rings. The number of piperidine rings is 1. The predicted molar refractivity (Wildman–Crippen MR) is 102 cm³/mol. The third kappa shape index (κ3) is 5.53. The van der Waals surface area contributed by atoms with Gasteiger partial charge in [0.15, 0.2) is 0 Å². The Hall–Kier alpha value is -2.49. The van der Waals surface area contributed by atoms with Crippen LogP contribution in [-0.4, -0.2) is 73.6 Å². The van der Waals surface area contributed by atoms with Crippen molar-refractivity contribution in [2.24, 2.45) is 5.73 Å². The molecule has 160 valence electrons. The van der Waals surface area contributed by atoms with E-state index in [0.29, 0.717) is 31.9 Å². The molecule has 1 atom stereocenters. The SMILES string of the molecule is NC(=O)NCC(=O)N1CCC[C@@H](N2CCN(c3cccc(C(F)(F)F)c3)CC2)C1. The van der Waals surface area contributed by atoms with Gasteiger partial charge in [-0.15, -0.1) is 0 Å². The Morgan fingerprint density at radius 1 is 1.14 bits per heavy atom. The van der Waals surface area contributed by atoms with Gasteiger partial charge in [0, 0.05) is 51.0 Å². The van der Waals surface area contributed by atoms with Crippen LogP contribution < -0.4 is 16.0 Å². The van der Waals surface area contributed by atoms with Gasteiger partial charge in [-0.25, -0.2) is 4.79 Å².